The molecule has 3 aromatic rings. The molecule has 0 spiro atoms. The zero-order chi connectivity index (χ0) is 18.6. The highest BCUT2D eigenvalue weighted by Crippen LogP contribution is 2.23. The fourth-order valence-electron chi connectivity index (χ4n) is 3.13. The molecule has 3 N–H and O–H groups in total. The molecule has 6 nitrogen and oxygen atoms in total. The number of H-pyrrole nitrogens is 1. The van der Waals surface area contributed by atoms with Crippen LogP contribution in [0.15, 0.2) is 52.5 Å². The number of imidazole rings is 1. The van der Waals surface area contributed by atoms with Gasteiger partial charge in [-0.2, -0.15) is 11.3 Å². The molecule has 4 heterocycles. The van der Waals surface area contributed by atoms with Gasteiger partial charge in [0.1, 0.15) is 5.82 Å². The lowest BCUT2D eigenvalue weighted by Gasteiger charge is -2.13. The zero-order valence-electron chi connectivity index (χ0n) is 15.1. The van der Waals surface area contributed by atoms with Crippen LogP contribution in [-0.4, -0.2) is 33.9 Å². The number of hydrogen-bond donors (Lipinski definition) is 3. The highest BCUT2D eigenvalue weighted by atomic mass is 32.1. The maximum Gasteiger partial charge on any atom is 0.253 e. The summed E-state index contributed by atoms with van der Waals surface area (Å²) in [5, 5.41) is 10.3. The van der Waals surface area contributed by atoms with E-state index in [1.165, 1.54) is 11.3 Å². The first kappa shape index (κ1) is 17.5. The summed E-state index contributed by atoms with van der Waals surface area (Å²) in [4.78, 5) is 24.7. The molecular formula is C20H21N5OS. The number of allylic oxidation sites excluding steroid dienone is 3. The van der Waals surface area contributed by atoms with Crippen molar-refractivity contribution in [2.45, 2.75) is 19.8 Å². The Morgan fingerprint density at radius 2 is 2.30 bits per heavy atom. The lowest BCUT2D eigenvalue weighted by Crippen LogP contribution is -2.25. The zero-order valence-corrected chi connectivity index (χ0v) is 15.9. The first-order chi connectivity index (χ1) is 13.2. The number of rotatable bonds is 6. The van der Waals surface area contributed by atoms with E-state index in [1.54, 1.807) is 23.6 Å². The van der Waals surface area contributed by atoms with Crippen molar-refractivity contribution in [1.29, 1.82) is 0 Å². The molecular weight excluding hydrogens is 358 g/mol. The highest BCUT2D eigenvalue weighted by Gasteiger charge is 2.15. The Morgan fingerprint density at radius 3 is 3.11 bits per heavy atom. The Labute approximate surface area is 161 Å². The van der Waals surface area contributed by atoms with Crippen LogP contribution in [0.25, 0.3) is 22.6 Å². The molecule has 27 heavy (non-hydrogen) atoms. The molecule has 0 fully saturated rings. The van der Waals surface area contributed by atoms with Crippen LogP contribution < -0.4 is 10.6 Å². The van der Waals surface area contributed by atoms with Gasteiger partial charge < -0.3 is 15.6 Å². The van der Waals surface area contributed by atoms with E-state index < -0.39 is 0 Å². The number of fused-ring (bicyclic) bond motifs is 1. The number of thiophene rings is 1. The standard InChI is InChI=1S/C20H21N5OS/c1-13-11-14(4-8-21-13)3-2-7-23-20(26)16-5-9-22-19-17(16)24-18(25-19)15-6-10-27-12-15/h4-6,9-12,21H,2-3,7-8H2,1H3,(H,23,26)(H,22,24,25). The van der Waals surface area contributed by atoms with Crippen molar-refractivity contribution >= 4 is 28.4 Å². The van der Waals surface area contributed by atoms with Gasteiger partial charge in [0, 0.05) is 35.9 Å². The van der Waals surface area contributed by atoms with Gasteiger partial charge in [0.25, 0.3) is 5.91 Å². The van der Waals surface area contributed by atoms with Crippen molar-refractivity contribution in [2.75, 3.05) is 13.1 Å². The molecule has 3 aromatic heterocycles. The third kappa shape index (κ3) is 3.93. The van der Waals surface area contributed by atoms with E-state index in [1.807, 2.05) is 16.8 Å². The van der Waals surface area contributed by atoms with Gasteiger partial charge in [-0.25, -0.2) is 9.97 Å². The average Bonchev–Trinajstić information content (AvgIpc) is 3.33. The number of hydrogen-bond acceptors (Lipinski definition) is 5. The molecule has 0 unspecified atom stereocenters. The van der Waals surface area contributed by atoms with E-state index in [0.29, 0.717) is 23.3 Å². The summed E-state index contributed by atoms with van der Waals surface area (Å²) in [6, 6.07) is 3.72. The fraction of sp³-hybridized carbons (Fsp3) is 0.250. The van der Waals surface area contributed by atoms with Gasteiger partial charge in [-0.05, 0) is 48.9 Å². The highest BCUT2D eigenvalue weighted by molar-refractivity contribution is 7.08. The van der Waals surface area contributed by atoms with Crippen LogP contribution in [0.3, 0.4) is 0 Å². The van der Waals surface area contributed by atoms with E-state index in [-0.39, 0.29) is 5.91 Å². The second-order valence-electron chi connectivity index (χ2n) is 6.50. The van der Waals surface area contributed by atoms with Crippen molar-refractivity contribution in [3.05, 3.63) is 58.1 Å². The van der Waals surface area contributed by atoms with E-state index in [9.17, 15) is 4.79 Å². The Hall–Kier alpha value is -2.93. The van der Waals surface area contributed by atoms with Crippen LogP contribution in [-0.2, 0) is 0 Å². The summed E-state index contributed by atoms with van der Waals surface area (Å²) >= 11 is 1.61. The van der Waals surface area contributed by atoms with E-state index in [4.69, 9.17) is 0 Å². The number of aromatic amines is 1. The SMILES string of the molecule is CC1=CC(CCCNC(=O)c2ccnc3nc(-c4ccsc4)[nH]c23)=CCN1. The molecule has 0 radical (unpaired) electrons. The van der Waals surface area contributed by atoms with Gasteiger partial charge in [0.2, 0.25) is 0 Å². The number of carbonyl (C=O) groups excluding carboxylic acids is 1. The minimum absolute atomic E-state index is 0.103. The molecule has 0 bridgehead atoms. The molecule has 0 aromatic carbocycles. The van der Waals surface area contributed by atoms with Crippen molar-refractivity contribution in [1.82, 2.24) is 25.6 Å². The van der Waals surface area contributed by atoms with Gasteiger partial charge in [-0.1, -0.05) is 6.08 Å². The van der Waals surface area contributed by atoms with E-state index >= 15 is 0 Å². The van der Waals surface area contributed by atoms with Crippen LogP contribution in [0.4, 0.5) is 0 Å². The summed E-state index contributed by atoms with van der Waals surface area (Å²) in [6.07, 6.45) is 7.84. The van der Waals surface area contributed by atoms with Gasteiger partial charge in [0.05, 0.1) is 11.1 Å². The van der Waals surface area contributed by atoms with Crippen molar-refractivity contribution in [2.24, 2.45) is 0 Å². The maximum absolute atomic E-state index is 12.6. The number of nitrogens with one attached hydrogen (secondary N) is 3. The number of carbonyl (C=O) groups is 1. The van der Waals surface area contributed by atoms with Crippen LogP contribution in [0.5, 0.6) is 0 Å². The third-order valence-corrected chi connectivity index (χ3v) is 5.19. The monoisotopic (exact) mass is 379 g/mol. The number of amides is 1. The summed E-state index contributed by atoms with van der Waals surface area (Å²) in [5.74, 6) is 0.632. The van der Waals surface area contributed by atoms with E-state index in [2.05, 4.69) is 44.7 Å². The Bertz CT molecular complexity index is 1020. The number of pyridine rings is 1. The minimum Gasteiger partial charge on any atom is -0.385 e. The second kappa shape index (κ2) is 7.75. The number of aromatic nitrogens is 3. The number of nitrogens with zero attached hydrogens (tertiary/aromatic N) is 2. The topological polar surface area (TPSA) is 82.7 Å². The molecule has 1 aliphatic heterocycles. The second-order valence-corrected chi connectivity index (χ2v) is 7.28. The Kier molecular flexibility index (Phi) is 5.02. The van der Waals surface area contributed by atoms with Gasteiger partial charge >= 0.3 is 0 Å². The van der Waals surface area contributed by atoms with Crippen molar-refractivity contribution in [3.8, 4) is 11.4 Å². The molecule has 0 saturated carbocycles. The molecule has 0 saturated heterocycles. The first-order valence-electron chi connectivity index (χ1n) is 8.97. The van der Waals surface area contributed by atoms with Gasteiger partial charge in [-0.15, -0.1) is 0 Å². The van der Waals surface area contributed by atoms with Crippen molar-refractivity contribution < 1.29 is 4.79 Å². The van der Waals surface area contributed by atoms with Crippen LogP contribution >= 0.6 is 11.3 Å². The summed E-state index contributed by atoms with van der Waals surface area (Å²) < 4.78 is 0. The predicted octanol–water partition coefficient (Wildman–Crippen LogP) is 3.63. The molecule has 0 atom stereocenters. The molecule has 0 aliphatic carbocycles. The molecule has 138 valence electrons. The van der Waals surface area contributed by atoms with E-state index in [0.717, 1.165) is 30.8 Å². The predicted molar refractivity (Wildman–Crippen MR) is 109 cm³/mol. The van der Waals surface area contributed by atoms with Crippen LogP contribution in [0.2, 0.25) is 0 Å². The number of dihydropyridines is 1. The van der Waals surface area contributed by atoms with Crippen LogP contribution in [0.1, 0.15) is 30.1 Å². The Morgan fingerprint density at radius 1 is 1.37 bits per heavy atom. The lowest BCUT2D eigenvalue weighted by molar-refractivity contribution is 0.0954. The molecule has 7 heteroatoms. The van der Waals surface area contributed by atoms with Crippen molar-refractivity contribution in [3.63, 3.8) is 0 Å². The molecule has 1 amide bonds. The lowest BCUT2D eigenvalue weighted by atomic mass is 10.1. The molecule has 4 rings (SSSR count). The minimum atomic E-state index is -0.103. The Balaban J connectivity index is 1.41. The summed E-state index contributed by atoms with van der Waals surface area (Å²) in [6.45, 7) is 3.58. The third-order valence-electron chi connectivity index (χ3n) is 4.51. The van der Waals surface area contributed by atoms with Gasteiger partial charge in [-0.3, -0.25) is 4.79 Å². The first-order valence-corrected chi connectivity index (χ1v) is 9.91. The smallest absolute Gasteiger partial charge is 0.253 e. The molecule has 1 aliphatic rings. The maximum atomic E-state index is 12.6. The quantitative estimate of drug-likeness (QED) is 0.571. The average molecular weight is 379 g/mol. The summed E-state index contributed by atoms with van der Waals surface area (Å²) in [7, 11) is 0. The normalized spacial score (nSPS) is 13.8. The summed E-state index contributed by atoms with van der Waals surface area (Å²) in [5.41, 5.74) is 5.33. The van der Waals surface area contributed by atoms with Crippen LogP contribution in [0, 0.1) is 0 Å². The largest absolute Gasteiger partial charge is 0.385 e. The van der Waals surface area contributed by atoms with Gasteiger partial charge in [0.15, 0.2) is 5.65 Å². The fourth-order valence-corrected chi connectivity index (χ4v) is 3.77.